The number of ether oxygens (including phenoxy) is 1. The highest BCUT2D eigenvalue weighted by Crippen LogP contribution is 2.32. The van der Waals surface area contributed by atoms with Crippen molar-refractivity contribution < 1.29 is 9.15 Å². The van der Waals surface area contributed by atoms with Gasteiger partial charge < -0.3 is 9.15 Å². The van der Waals surface area contributed by atoms with Gasteiger partial charge in [0, 0.05) is 41.2 Å². The fraction of sp³-hybridized carbons (Fsp3) is 0.154. The predicted molar refractivity (Wildman–Crippen MR) is 133 cm³/mol. The van der Waals surface area contributed by atoms with Crippen LogP contribution < -0.4 is 10.4 Å². The molecule has 0 fully saturated rings. The molecule has 3 heterocycles. The first kappa shape index (κ1) is 21.9. The molecule has 0 bridgehead atoms. The van der Waals surface area contributed by atoms with Gasteiger partial charge in [-0.2, -0.15) is 0 Å². The Labute approximate surface area is 200 Å². The number of hydrogen-bond donors (Lipinski definition) is 0. The van der Waals surface area contributed by atoms with E-state index in [2.05, 4.69) is 47.2 Å². The predicted octanol–water partition coefficient (Wildman–Crippen LogP) is 5.35. The van der Waals surface area contributed by atoms with Crippen molar-refractivity contribution in [2.24, 2.45) is 0 Å². The second-order valence-corrected chi connectivity index (χ2v) is 8.83. The van der Waals surface area contributed by atoms with Crippen LogP contribution in [-0.2, 0) is 5.75 Å². The summed E-state index contributed by atoms with van der Waals surface area (Å²) in [6.45, 7) is 4.18. The van der Waals surface area contributed by atoms with Crippen molar-refractivity contribution in [3.63, 3.8) is 0 Å². The van der Waals surface area contributed by atoms with Crippen molar-refractivity contribution in [3.8, 4) is 22.8 Å². The lowest BCUT2D eigenvalue weighted by Crippen LogP contribution is -2.02. The number of fused-ring (bicyclic) bond motifs is 1. The number of nitrogens with zero attached hydrogens (tertiary/aromatic N) is 4. The first-order chi connectivity index (χ1) is 16.5. The molecule has 0 spiro atoms. The summed E-state index contributed by atoms with van der Waals surface area (Å²) in [5.41, 5.74) is 5.26. The molecule has 0 saturated heterocycles. The third-order valence-electron chi connectivity index (χ3n) is 5.71. The van der Waals surface area contributed by atoms with Gasteiger partial charge in [0.1, 0.15) is 11.3 Å². The second kappa shape index (κ2) is 9.15. The monoisotopic (exact) mass is 470 g/mol. The molecule has 0 amide bonds. The zero-order valence-electron chi connectivity index (χ0n) is 19.0. The largest absolute Gasteiger partial charge is 0.497 e. The van der Waals surface area contributed by atoms with Crippen molar-refractivity contribution >= 4 is 22.7 Å². The SMILES string of the molecule is COc1ccc2c(CSc3nnc(-c4ccncc4)n3-c3ccc(C)c(C)c3)cc(=O)oc2c1. The number of rotatable bonds is 6. The average Bonchev–Trinajstić information content (AvgIpc) is 3.28. The molecule has 0 radical (unpaired) electrons. The van der Waals surface area contributed by atoms with Crippen LogP contribution in [0.1, 0.15) is 16.7 Å². The van der Waals surface area contributed by atoms with Gasteiger partial charge in [0.15, 0.2) is 11.0 Å². The van der Waals surface area contributed by atoms with E-state index in [1.807, 2.05) is 28.8 Å². The standard InChI is InChI=1S/C26H22N4O3S/c1-16-4-5-20(12-17(16)2)30-25(18-8-10-27-11-9-18)28-29-26(30)34-15-19-13-24(31)33-23-14-21(32-3)6-7-22(19)23/h4-14H,15H2,1-3H3. The van der Waals surface area contributed by atoms with Crippen LogP contribution >= 0.6 is 11.8 Å². The molecule has 0 saturated carbocycles. The molecule has 5 rings (SSSR count). The molecule has 34 heavy (non-hydrogen) atoms. The summed E-state index contributed by atoms with van der Waals surface area (Å²) in [7, 11) is 1.58. The van der Waals surface area contributed by atoms with E-state index in [1.165, 1.54) is 29.0 Å². The maximum Gasteiger partial charge on any atom is 0.336 e. The summed E-state index contributed by atoms with van der Waals surface area (Å²) < 4.78 is 12.7. The van der Waals surface area contributed by atoms with E-state index < -0.39 is 5.63 Å². The molecule has 170 valence electrons. The minimum absolute atomic E-state index is 0.399. The van der Waals surface area contributed by atoms with Crippen LogP contribution in [-0.4, -0.2) is 26.9 Å². The maximum absolute atomic E-state index is 12.2. The van der Waals surface area contributed by atoms with Gasteiger partial charge in [0.2, 0.25) is 0 Å². The van der Waals surface area contributed by atoms with E-state index >= 15 is 0 Å². The third kappa shape index (κ3) is 4.20. The lowest BCUT2D eigenvalue weighted by Gasteiger charge is -2.12. The van der Waals surface area contributed by atoms with Crippen molar-refractivity contribution in [1.82, 2.24) is 19.7 Å². The van der Waals surface area contributed by atoms with Crippen LogP contribution in [0.2, 0.25) is 0 Å². The molecule has 7 nitrogen and oxygen atoms in total. The van der Waals surface area contributed by atoms with Gasteiger partial charge in [0.05, 0.1) is 12.8 Å². The highest BCUT2D eigenvalue weighted by Gasteiger charge is 2.18. The van der Waals surface area contributed by atoms with Gasteiger partial charge >= 0.3 is 5.63 Å². The Morgan fingerprint density at radius 3 is 2.56 bits per heavy atom. The van der Waals surface area contributed by atoms with E-state index in [1.54, 1.807) is 25.6 Å². The number of methoxy groups -OCH3 is 1. The van der Waals surface area contributed by atoms with Crippen LogP contribution in [0.15, 0.2) is 81.4 Å². The number of aromatic nitrogens is 4. The molecule has 5 aromatic rings. The van der Waals surface area contributed by atoms with Crippen LogP contribution in [0, 0.1) is 13.8 Å². The number of thioether (sulfide) groups is 1. The molecule has 0 unspecified atom stereocenters. The first-order valence-corrected chi connectivity index (χ1v) is 11.7. The molecule has 3 aromatic heterocycles. The molecule has 0 aliphatic carbocycles. The molecule has 0 aliphatic heterocycles. The zero-order valence-corrected chi connectivity index (χ0v) is 19.8. The Hall–Kier alpha value is -3.91. The first-order valence-electron chi connectivity index (χ1n) is 10.7. The molecule has 8 heteroatoms. The van der Waals surface area contributed by atoms with Crippen LogP contribution in [0.25, 0.3) is 28.0 Å². The summed E-state index contributed by atoms with van der Waals surface area (Å²) in [6.07, 6.45) is 3.48. The Kier molecular flexibility index (Phi) is 5.90. The van der Waals surface area contributed by atoms with E-state index in [-0.39, 0.29) is 0 Å². The van der Waals surface area contributed by atoms with Gasteiger partial charge in [-0.15, -0.1) is 10.2 Å². The zero-order chi connectivity index (χ0) is 23.7. The highest BCUT2D eigenvalue weighted by molar-refractivity contribution is 7.98. The lowest BCUT2D eigenvalue weighted by molar-refractivity contribution is 0.414. The van der Waals surface area contributed by atoms with Crippen LogP contribution in [0.5, 0.6) is 5.75 Å². The summed E-state index contributed by atoms with van der Waals surface area (Å²) in [5, 5.41) is 10.6. The molecule has 0 N–H and O–H groups in total. The summed E-state index contributed by atoms with van der Waals surface area (Å²) in [5.74, 6) is 1.89. The van der Waals surface area contributed by atoms with Crippen molar-refractivity contribution in [3.05, 3.63) is 94.1 Å². The van der Waals surface area contributed by atoms with Gasteiger partial charge in [-0.25, -0.2) is 4.79 Å². The minimum Gasteiger partial charge on any atom is -0.497 e. The summed E-state index contributed by atoms with van der Waals surface area (Å²) >= 11 is 1.52. The quantitative estimate of drug-likeness (QED) is 0.244. The van der Waals surface area contributed by atoms with Gasteiger partial charge in [-0.3, -0.25) is 9.55 Å². The van der Waals surface area contributed by atoms with E-state index in [0.29, 0.717) is 17.1 Å². The second-order valence-electron chi connectivity index (χ2n) is 7.89. The Morgan fingerprint density at radius 2 is 1.79 bits per heavy atom. The third-order valence-corrected chi connectivity index (χ3v) is 6.69. The van der Waals surface area contributed by atoms with Crippen LogP contribution in [0.3, 0.4) is 0 Å². The maximum atomic E-state index is 12.2. The van der Waals surface area contributed by atoms with E-state index in [9.17, 15) is 4.79 Å². The fourth-order valence-electron chi connectivity index (χ4n) is 3.75. The number of pyridine rings is 1. The summed E-state index contributed by atoms with van der Waals surface area (Å²) in [6, 6.07) is 17.1. The fourth-order valence-corrected chi connectivity index (χ4v) is 4.69. The van der Waals surface area contributed by atoms with E-state index in [4.69, 9.17) is 9.15 Å². The van der Waals surface area contributed by atoms with Gasteiger partial charge in [0.25, 0.3) is 0 Å². The summed E-state index contributed by atoms with van der Waals surface area (Å²) in [4.78, 5) is 16.3. The van der Waals surface area contributed by atoms with Crippen molar-refractivity contribution in [1.29, 1.82) is 0 Å². The van der Waals surface area contributed by atoms with E-state index in [0.717, 1.165) is 33.2 Å². The molecule has 0 aliphatic rings. The Bertz CT molecular complexity index is 1540. The smallest absolute Gasteiger partial charge is 0.336 e. The number of benzene rings is 2. The van der Waals surface area contributed by atoms with Crippen LogP contribution in [0.4, 0.5) is 0 Å². The minimum atomic E-state index is -0.399. The molecule has 2 aromatic carbocycles. The average molecular weight is 471 g/mol. The van der Waals surface area contributed by atoms with Gasteiger partial charge in [-0.05, 0) is 66.9 Å². The highest BCUT2D eigenvalue weighted by atomic mass is 32.2. The van der Waals surface area contributed by atoms with Crippen molar-refractivity contribution in [2.75, 3.05) is 7.11 Å². The molecule has 0 atom stereocenters. The molecular weight excluding hydrogens is 448 g/mol. The normalized spacial score (nSPS) is 11.1. The lowest BCUT2D eigenvalue weighted by atomic mass is 10.1. The topological polar surface area (TPSA) is 83.0 Å². The van der Waals surface area contributed by atoms with Gasteiger partial charge in [-0.1, -0.05) is 17.8 Å². The molecular formula is C26H22N4O3S. The number of hydrogen-bond acceptors (Lipinski definition) is 7. The number of aryl methyl sites for hydroxylation is 2. The Morgan fingerprint density at radius 1 is 0.971 bits per heavy atom. The Balaban J connectivity index is 1.57. The van der Waals surface area contributed by atoms with Crippen molar-refractivity contribution in [2.45, 2.75) is 24.8 Å².